The zero-order valence-electron chi connectivity index (χ0n) is 36.4. The summed E-state index contributed by atoms with van der Waals surface area (Å²) in [5, 5.41) is 23.6. The van der Waals surface area contributed by atoms with Crippen molar-refractivity contribution in [3.8, 4) is 17.2 Å². The van der Waals surface area contributed by atoms with E-state index in [1.165, 1.54) is 6.08 Å². The Kier molecular flexibility index (Phi) is 17.1. The topological polar surface area (TPSA) is 225 Å². The highest BCUT2D eigenvalue weighted by Gasteiger charge is 2.44. The van der Waals surface area contributed by atoms with E-state index in [9.17, 15) is 34.0 Å². The van der Waals surface area contributed by atoms with Crippen LogP contribution in [0.1, 0.15) is 47.1 Å². The van der Waals surface area contributed by atoms with Crippen LogP contribution in [0.25, 0.3) is 11.1 Å². The molecule has 1 saturated heterocycles. The summed E-state index contributed by atoms with van der Waals surface area (Å²) >= 11 is 0. The third-order valence-electron chi connectivity index (χ3n) is 11.6. The Morgan fingerprint density at radius 2 is 1.54 bits per heavy atom. The molecule has 338 valence electrons. The molecule has 65 heavy (non-hydrogen) atoms. The summed E-state index contributed by atoms with van der Waals surface area (Å²) in [6, 6.07) is 31.6. The fraction of sp³-hybridized carbons (Fsp3) is 0.340. The van der Waals surface area contributed by atoms with Crippen molar-refractivity contribution < 1.29 is 33.5 Å². The number of nitrogens with one attached hydrogen (secondary N) is 5. The smallest absolute Gasteiger partial charge is 0.246 e. The second kappa shape index (κ2) is 23.5. The van der Waals surface area contributed by atoms with Gasteiger partial charge in [-0.15, -0.1) is 0 Å². The number of nitrogens with zero attached hydrogens (tertiary/aromatic N) is 2. The third-order valence-corrected chi connectivity index (χ3v) is 11.6. The van der Waals surface area contributed by atoms with Gasteiger partial charge < -0.3 is 42.0 Å². The Hall–Kier alpha value is -7.15. The minimum atomic E-state index is -1.12. The summed E-state index contributed by atoms with van der Waals surface area (Å²) in [5.41, 5.74) is 9.70. The zero-order valence-corrected chi connectivity index (χ0v) is 36.4. The van der Waals surface area contributed by atoms with E-state index >= 15 is 0 Å². The number of carbonyl (C=O) groups is 6. The SMILES string of the molecule is N#Cc1ccc(-c2ccc(C[C@@H]3NC(=O)[C@]4(Cc5ccccc5)CCCN(C4)C(=O)/C=C/C(=O)NCC[C@@H](C(=O)NCCOCCN)NC(=O)Cc4ccccc4CNC3=O)cc2)cc1. The number of fused-ring (bicyclic) bond motifs is 3. The number of amides is 6. The van der Waals surface area contributed by atoms with Crippen molar-refractivity contribution in [2.45, 2.75) is 57.2 Å². The first-order valence-electron chi connectivity index (χ1n) is 21.9. The van der Waals surface area contributed by atoms with Gasteiger partial charge in [0.1, 0.15) is 12.1 Å². The van der Waals surface area contributed by atoms with Crippen LogP contribution in [0.5, 0.6) is 0 Å². The van der Waals surface area contributed by atoms with E-state index in [0.29, 0.717) is 55.6 Å². The molecule has 6 amide bonds. The number of hydrogen-bond donors (Lipinski definition) is 6. The van der Waals surface area contributed by atoms with E-state index in [-0.39, 0.29) is 58.0 Å². The lowest BCUT2D eigenvalue weighted by Crippen LogP contribution is -2.58. The predicted octanol–water partition coefficient (Wildman–Crippen LogP) is 2.62. The number of benzene rings is 4. The maximum absolute atomic E-state index is 14.9. The fourth-order valence-corrected chi connectivity index (χ4v) is 8.14. The summed E-state index contributed by atoms with van der Waals surface area (Å²) < 4.78 is 5.36. The fourth-order valence-electron chi connectivity index (χ4n) is 8.14. The number of nitrogens with two attached hydrogens (primary N) is 1. The normalized spacial score (nSPS) is 20.6. The lowest BCUT2D eigenvalue weighted by atomic mass is 9.74. The van der Waals surface area contributed by atoms with Crippen molar-refractivity contribution in [1.29, 1.82) is 5.26 Å². The standard InChI is InChI=1S/C50H56N8O7/c51-23-27-65-28-25-54-47(62)42-21-24-53-44(59)19-20-46(61)58-26-6-22-50(34-58,31-36-7-2-1-3-8-36)49(64)57-43(48(63)55-33-41-10-5-4-9-40(41)30-45(60)56-42)29-35-11-15-38(16-12-35)39-17-13-37(32-52)14-18-39/h1-5,7-20,42-43H,6,21-31,33-34,51H2,(H,53,59)(H,54,62)(H,55,63)(H,56,60)(H,57,64)/b20-19+/t42-,43-,50-/m0/s1. The van der Waals surface area contributed by atoms with Gasteiger partial charge in [0.25, 0.3) is 0 Å². The highest BCUT2D eigenvalue weighted by molar-refractivity contribution is 5.97. The van der Waals surface area contributed by atoms with E-state index in [1.54, 1.807) is 41.3 Å². The van der Waals surface area contributed by atoms with Crippen LogP contribution >= 0.6 is 0 Å². The molecule has 1 fully saturated rings. The van der Waals surface area contributed by atoms with Gasteiger partial charge in [0.15, 0.2) is 0 Å². The summed E-state index contributed by atoms with van der Waals surface area (Å²) in [7, 11) is 0. The number of nitriles is 1. The van der Waals surface area contributed by atoms with Crippen molar-refractivity contribution in [3.05, 3.63) is 143 Å². The lowest BCUT2D eigenvalue weighted by molar-refractivity contribution is -0.141. The summed E-state index contributed by atoms with van der Waals surface area (Å²) in [4.78, 5) is 84.4. The highest BCUT2D eigenvalue weighted by Crippen LogP contribution is 2.35. The van der Waals surface area contributed by atoms with Crippen molar-refractivity contribution in [3.63, 3.8) is 0 Å². The molecule has 0 aliphatic carbocycles. The zero-order chi connectivity index (χ0) is 46.0. The molecule has 0 spiro atoms. The maximum atomic E-state index is 14.9. The van der Waals surface area contributed by atoms with Crippen molar-refractivity contribution in [2.24, 2.45) is 11.1 Å². The van der Waals surface area contributed by atoms with Crippen molar-refractivity contribution in [1.82, 2.24) is 31.5 Å². The summed E-state index contributed by atoms with van der Waals surface area (Å²) in [6.45, 7) is 1.51. The second-order valence-corrected chi connectivity index (χ2v) is 16.3. The minimum Gasteiger partial charge on any atom is -0.378 e. The van der Waals surface area contributed by atoms with Gasteiger partial charge in [0, 0.05) is 57.8 Å². The molecule has 7 N–H and O–H groups in total. The van der Waals surface area contributed by atoms with Crippen LogP contribution in [0.2, 0.25) is 0 Å². The Morgan fingerprint density at radius 3 is 2.26 bits per heavy atom. The first-order valence-corrected chi connectivity index (χ1v) is 21.9. The summed E-state index contributed by atoms with van der Waals surface area (Å²) in [6.07, 6.45) is 3.61. The quantitative estimate of drug-likeness (QED) is 0.122. The van der Waals surface area contributed by atoms with Crippen LogP contribution in [-0.2, 0) is 59.3 Å². The number of piperidine rings is 1. The molecule has 15 heteroatoms. The molecule has 6 rings (SSSR count). The van der Waals surface area contributed by atoms with E-state index in [4.69, 9.17) is 10.5 Å². The van der Waals surface area contributed by atoms with E-state index in [1.807, 2.05) is 66.7 Å². The van der Waals surface area contributed by atoms with Crippen molar-refractivity contribution in [2.75, 3.05) is 45.9 Å². The summed E-state index contributed by atoms with van der Waals surface area (Å²) in [5.74, 6) is -2.78. The average Bonchev–Trinajstić information content (AvgIpc) is 3.32. The van der Waals surface area contributed by atoms with Gasteiger partial charge in [-0.05, 0) is 71.2 Å². The molecule has 2 aliphatic heterocycles. The molecule has 15 nitrogen and oxygen atoms in total. The van der Waals surface area contributed by atoms with Crippen LogP contribution < -0.4 is 32.3 Å². The Labute approximate surface area is 379 Å². The van der Waals surface area contributed by atoms with Gasteiger partial charge in [0.05, 0.1) is 36.7 Å². The van der Waals surface area contributed by atoms with E-state index in [0.717, 1.165) is 28.3 Å². The molecule has 4 aromatic rings. The van der Waals surface area contributed by atoms with Gasteiger partial charge >= 0.3 is 0 Å². The highest BCUT2D eigenvalue weighted by atomic mass is 16.5. The van der Waals surface area contributed by atoms with Gasteiger partial charge in [-0.25, -0.2) is 0 Å². The largest absolute Gasteiger partial charge is 0.378 e. The van der Waals surface area contributed by atoms with Crippen LogP contribution in [0, 0.1) is 16.7 Å². The van der Waals surface area contributed by atoms with Crippen molar-refractivity contribution >= 4 is 35.4 Å². The molecular weight excluding hydrogens is 825 g/mol. The first-order chi connectivity index (χ1) is 31.6. The molecule has 2 heterocycles. The van der Waals surface area contributed by atoms with Crippen LogP contribution in [0.3, 0.4) is 0 Å². The number of ether oxygens (including phenoxy) is 1. The van der Waals surface area contributed by atoms with Gasteiger partial charge in [-0.3, -0.25) is 28.8 Å². The monoisotopic (exact) mass is 880 g/mol. The molecule has 2 aliphatic rings. The molecule has 0 saturated carbocycles. The van der Waals surface area contributed by atoms with Gasteiger partial charge in [-0.2, -0.15) is 5.26 Å². The maximum Gasteiger partial charge on any atom is 0.246 e. The first kappa shape index (κ1) is 47.3. The molecule has 0 radical (unpaired) electrons. The van der Waals surface area contributed by atoms with Crippen LogP contribution in [0.4, 0.5) is 0 Å². The van der Waals surface area contributed by atoms with Crippen LogP contribution in [-0.4, -0.2) is 98.4 Å². The third kappa shape index (κ3) is 13.7. The van der Waals surface area contributed by atoms with E-state index < -0.39 is 47.0 Å². The molecule has 0 aromatic heterocycles. The molecule has 0 unspecified atom stereocenters. The molecular formula is C50H56N8O7. The average molecular weight is 881 g/mol. The second-order valence-electron chi connectivity index (χ2n) is 16.3. The lowest BCUT2D eigenvalue weighted by Gasteiger charge is -2.42. The van der Waals surface area contributed by atoms with Crippen LogP contribution in [0.15, 0.2) is 115 Å². The van der Waals surface area contributed by atoms with Gasteiger partial charge in [0.2, 0.25) is 35.4 Å². The van der Waals surface area contributed by atoms with E-state index in [2.05, 4.69) is 32.7 Å². The Balaban J connectivity index is 1.30. The number of carbonyl (C=O) groups excluding carboxylic acids is 6. The van der Waals surface area contributed by atoms with Gasteiger partial charge in [-0.1, -0.05) is 91.0 Å². The molecule has 3 atom stereocenters. The number of hydrogen-bond acceptors (Lipinski definition) is 9. The Bertz CT molecular complexity index is 2370. The molecule has 4 aromatic carbocycles. The molecule has 2 bridgehead atoms. The number of rotatable bonds is 11. The predicted molar refractivity (Wildman–Crippen MR) is 244 cm³/mol. The minimum absolute atomic E-state index is 0.00847. The Morgan fingerprint density at radius 1 is 0.831 bits per heavy atom.